The summed E-state index contributed by atoms with van der Waals surface area (Å²) < 4.78 is 5.04. The van der Waals surface area contributed by atoms with E-state index < -0.39 is 0 Å². The lowest BCUT2D eigenvalue weighted by Crippen LogP contribution is -2.40. The average molecular weight is 324 g/mol. The highest BCUT2D eigenvalue weighted by molar-refractivity contribution is 6.30. The maximum Gasteiger partial charge on any atom is 0.309 e. The van der Waals surface area contributed by atoms with Crippen LogP contribution in [0.1, 0.15) is 31.7 Å². The molecule has 120 valence electrons. The molecule has 0 bridgehead atoms. The maximum atomic E-state index is 12.2. The Morgan fingerprint density at radius 1 is 1.23 bits per heavy atom. The van der Waals surface area contributed by atoms with E-state index in [1.807, 2.05) is 36.1 Å². The van der Waals surface area contributed by atoms with Crippen molar-refractivity contribution < 1.29 is 14.3 Å². The Morgan fingerprint density at radius 3 is 2.45 bits per heavy atom. The van der Waals surface area contributed by atoms with Crippen LogP contribution in [0.25, 0.3) is 0 Å². The van der Waals surface area contributed by atoms with Crippen molar-refractivity contribution in [1.82, 2.24) is 4.90 Å². The van der Waals surface area contributed by atoms with Gasteiger partial charge in [-0.1, -0.05) is 23.7 Å². The van der Waals surface area contributed by atoms with E-state index in [0.29, 0.717) is 50.4 Å². The van der Waals surface area contributed by atoms with Gasteiger partial charge in [-0.25, -0.2) is 0 Å². The van der Waals surface area contributed by atoms with Gasteiger partial charge in [0.2, 0.25) is 5.91 Å². The second-order valence-electron chi connectivity index (χ2n) is 5.53. The number of ether oxygens (including phenoxy) is 1. The summed E-state index contributed by atoms with van der Waals surface area (Å²) in [5, 5.41) is 0.705. The summed E-state index contributed by atoms with van der Waals surface area (Å²) >= 11 is 5.84. The van der Waals surface area contributed by atoms with E-state index in [1.165, 1.54) is 0 Å². The molecule has 1 amide bonds. The number of carbonyl (C=O) groups is 2. The van der Waals surface area contributed by atoms with E-state index in [2.05, 4.69) is 0 Å². The van der Waals surface area contributed by atoms with E-state index >= 15 is 0 Å². The molecular formula is C17H22ClNO3. The number of likely N-dealkylation sites (tertiary alicyclic amines) is 1. The van der Waals surface area contributed by atoms with Crippen LogP contribution in [0.4, 0.5) is 0 Å². The zero-order chi connectivity index (χ0) is 15.9. The van der Waals surface area contributed by atoms with E-state index in [4.69, 9.17) is 16.3 Å². The molecule has 0 aliphatic carbocycles. The second kappa shape index (κ2) is 8.18. The summed E-state index contributed by atoms with van der Waals surface area (Å²) in [6, 6.07) is 7.57. The quantitative estimate of drug-likeness (QED) is 0.782. The van der Waals surface area contributed by atoms with Gasteiger partial charge in [0.25, 0.3) is 0 Å². The van der Waals surface area contributed by atoms with Crippen LogP contribution < -0.4 is 0 Å². The lowest BCUT2D eigenvalue weighted by molar-refractivity contribution is -0.151. The molecule has 22 heavy (non-hydrogen) atoms. The topological polar surface area (TPSA) is 46.6 Å². The Labute approximate surface area is 136 Å². The van der Waals surface area contributed by atoms with Crippen LogP contribution in [-0.4, -0.2) is 36.5 Å². The van der Waals surface area contributed by atoms with Gasteiger partial charge >= 0.3 is 5.97 Å². The summed E-state index contributed by atoms with van der Waals surface area (Å²) in [4.78, 5) is 25.8. The van der Waals surface area contributed by atoms with Crippen LogP contribution >= 0.6 is 11.6 Å². The number of aryl methyl sites for hydroxylation is 1. The predicted molar refractivity (Wildman–Crippen MR) is 85.7 cm³/mol. The highest BCUT2D eigenvalue weighted by atomic mass is 35.5. The summed E-state index contributed by atoms with van der Waals surface area (Å²) in [5.74, 6) is -0.0340. The molecule has 0 saturated carbocycles. The Morgan fingerprint density at radius 2 is 1.86 bits per heavy atom. The first-order valence-electron chi connectivity index (χ1n) is 7.79. The Balaban J connectivity index is 1.75. The van der Waals surface area contributed by atoms with Gasteiger partial charge in [-0.2, -0.15) is 0 Å². The molecule has 0 radical (unpaired) electrons. The van der Waals surface area contributed by atoms with Gasteiger partial charge in [0, 0.05) is 24.5 Å². The van der Waals surface area contributed by atoms with Gasteiger partial charge in [0.15, 0.2) is 0 Å². The van der Waals surface area contributed by atoms with Crippen molar-refractivity contribution in [1.29, 1.82) is 0 Å². The van der Waals surface area contributed by atoms with Gasteiger partial charge in [-0.3, -0.25) is 9.59 Å². The smallest absolute Gasteiger partial charge is 0.309 e. The molecule has 4 nitrogen and oxygen atoms in total. The molecule has 0 N–H and O–H groups in total. The molecule has 1 aromatic rings. The van der Waals surface area contributed by atoms with Gasteiger partial charge in [0.1, 0.15) is 0 Å². The molecule has 1 aliphatic rings. The maximum absolute atomic E-state index is 12.2. The summed E-state index contributed by atoms with van der Waals surface area (Å²) in [5.41, 5.74) is 1.11. The number of esters is 1. The fourth-order valence-electron chi connectivity index (χ4n) is 2.69. The highest BCUT2D eigenvalue weighted by Crippen LogP contribution is 2.20. The lowest BCUT2D eigenvalue weighted by atomic mass is 9.96. The van der Waals surface area contributed by atoms with Crippen LogP contribution in [0.15, 0.2) is 24.3 Å². The number of amides is 1. The number of rotatable bonds is 5. The van der Waals surface area contributed by atoms with Crippen molar-refractivity contribution in [3.8, 4) is 0 Å². The van der Waals surface area contributed by atoms with E-state index in [9.17, 15) is 9.59 Å². The fraction of sp³-hybridized carbons (Fsp3) is 0.529. The van der Waals surface area contributed by atoms with Crippen molar-refractivity contribution in [2.24, 2.45) is 5.92 Å². The molecule has 1 heterocycles. The van der Waals surface area contributed by atoms with Gasteiger partial charge in [-0.05, 0) is 43.9 Å². The molecule has 0 spiro atoms. The first-order valence-corrected chi connectivity index (χ1v) is 8.16. The number of halogens is 1. The highest BCUT2D eigenvalue weighted by Gasteiger charge is 2.27. The summed E-state index contributed by atoms with van der Waals surface area (Å²) in [6.45, 7) is 3.51. The molecule has 0 atom stereocenters. The van der Waals surface area contributed by atoms with Crippen LogP contribution in [0.5, 0.6) is 0 Å². The zero-order valence-corrected chi connectivity index (χ0v) is 13.6. The third kappa shape index (κ3) is 4.73. The van der Waals surface area contributed by atoms with Crippen molar-refractivity contribution in [2.45, 2.75) is 32.6 Å². The average Bonchev–Trinajstić information content (AvgIpc) is 2.54. The molecule has 0 aromatic heterocycles. The van der Waals surface area contributed by atoms with Crippen LogP contribution in [0, 0.1) is 5.92 Å². The molecule has 1 fully saturated rings. The molecule has 1 aromatic carbocycles. The first-order chi connectivity index (χ1) is 10.6. The summed E-state index contributed by atoms with van der Waals surface area (Å²) in [7, 11) is 0. The molecule has 1 aliphatic heterocycles. The number of carbonyl (C=O) groups excluding carboxylic acids is 2. The molecular weight excluding hydrogens is 302 g/mol. The van der Waals surface area contributed by atoms with Gasteiger partial charge < -0.3 is 9.64 Å². The van der Waals surface area contributed by atoms with E-state index in [0.717, 1.165) is 5.56 Å². The number of nitrogens with zero attached hydrogens (tertiary/aromatic N) is 1. The summed E-state index contributed by atoms with van der Waals surface area (Å²) in [6.07, 6.45) is 2.61. The van der Waals surface area contributed by atoms with Crippen LogP contribution in [0.2, 0.25) is 5.02 Å². The monoisotopic (exact) mass is 323 g/mol. The number of hydrogen-bond donors (Lipinski definition) is 0. The van der Waals surface area contributed by atoms with Crippen molar-refractivity contribution in [3.05, 3.63) is 34.9 Å². The Kier molecular flexibility index (Phi) is 6.25. The number of hydrogen-bond acceptors (Lipinski definition) is 3. The minimum atomic E-state index is -0.129. The molecule has 0 unspecified atom stereocenters. The molecule has 2 rings (SSSR count). The first kappa shape index (κ1) is 16.8. The van der Waals surface area contributed by atoms with Crippen LogP contribution in [-0.2, 0) is 20.7 Å². The lowest BCUT2D eigenvalue weighted by Gasteiger charge is -2.31. The minimum Gasteiger partial charge on any atom is -0.466 e. The van der Waals surface area contributed by atoms with Crippen molar-refractivity contribution >= 4 is 23.5 Å². The third-order valence-electron chi connectivity index (χ3n) is 4.01. The zero-order valence-electron chi connectivity index (χ0n) is 12.9. The van der Waals surface area contributed by atoms with E-state index in [-0.39, 0.29) is 17.8 Å². The minimum absolute atomic E-state index is 0.0553. The van der Waals surface area contributed by atoms with Gasteiger partial charge in [-0.15, -0.1) is 0 Å². The van der Waals surface area contributed by atoms with Crippen molar-refractivity contribution in [3.63, 3.8) is 0 Å². The number of piperidine rings is 1. The standard InChI is InChI=1S/C17H22ClNO3/c1-2-22-17(21)14-9-11-19(12-10-14)16(20)8-5-13-3-6-15(18)7-4-13/h3-4,6-7,14H,2,5,8-12H2,1H3. The normalized spacial score (nSPS) is 15.6. The number of benzene rings is 1. The Hall–Kier alpha value is -1.55. The third-order valence-corrected chi connectivity index (χ3v) is 4.26. The SMILES string of the molecule is CCOC(=O)C1CCN(C(=O)CCc2ccc(Cl)cc2)CC1. The van der Waals surface area contributed by atoms with E-state index in [1.54, 1.807) is 0 Å². The van der Waals surface area contributed by atoms with Crippen molar-refractivity contribution in [2.75, 3.05) is 19.7 Å². The Bertz CT molecular complexity index is 507. The largest absolute Gasteiger partial charge is 0.466 e. The molecule has 5 heteroatoms. The van der Waals surface area contributed by atoms with Crippen LogP contribution in [0.3, 0.4) is 0 Å². The fourth-order valence-corrected chi connectivity index (χ4v) is 2.81. The molecule has 1 saturated heterocycles. The predicted octanol–water partition coefficient (Wildman–Crippen LogP) is 3.07. The second-order valence-corrected chi connectivity index (χ2v) is 5.97. The van der Waals surface area contributed by atoms with Gasteiger partial charge in [0.05, 0.1) is 12.5 Å².